The second-order valence-electron chi connectivity index (χ2n) is 10.1. The van der Waals surface area contributed by atoms with Gasteiger partial charge in [-0.3, -0.25) is 24.6 Å². The van der Waals surface area contributed by atoms with Crippen LogP contribution in [0.25, 0.3) is 0 Å². The summed E-state index contributed by atoms with van der Waals surface area (Å²) in [5.41, 5.74) is 10.5. The molecule has 0 saturated carbocycles. The number of hydrogen-bond donors (Lipinski definition) is 3. The summed E-state index contributed by atoms with van der Waals surface area (Å²) in [6.07, 6.45) is 2.49. The number of piperidine rings is 2. The largest absolute Gasteiger partial charge is 0.324 e. The van der Waals surface area contributed by atoms with E-state index in [9.17, 15) is 14.4 Å². The van der Waals surface area contributed by atoms with Crippen LogP contribution >= 0.6 is 0 Å². The number of nitrogens with one attached hydrogen (secondary N) is 2. The zero-order chi connectivity index (χ0) is 24.4. The maximum atomic E-state index is 13.0. The van der Waals surface area contributed by atoms with Crippen LogP contribution in [0.3, 0.4) is 0 Å². The summed E-state index contributed by atoms with van der Waals surface area (Å²) in [4.78, 5) is 40.9. The fourth-order valence-corrected chi connectivity index (χ4v) is 5.44. The van der Waals surface area contributed by atoms with Crippen molar-refractivity contribution in [2.75, 3.05) is 19.6 Å². The topological polar surface area (TPSA) is 108 Å². The number of rotatable bonds is 7. The number of hydrogen-bond acceptors (Lipinski definition) is 6. The predicted octanol–water partition coefficient (Wildman–Crippen LogP) is 1.53. The number of nitrogens with zero attached hydrogens (tertiary/aromatic N) is 2. The number of fused-ring (bicyclic) bond motifs is 1. The minimum Gasteiger partial charge on any atom is -0.324 e. The van der Waals surface area contributed by atoms with Crippen LogP contribution in [-0.2, 0) is 29.2 Å². The minimum absolute atomic E-state index is 0.141. The number of likely N-dealkylation sites (tertiary alicyclic amines) is 1. The van der Waals surface area contributed by atoms with Gasteiger partial charge in [-0.05, 0) is 42.0 Å². The number of benzene rings is 2. The summed E-state index contributed by atoms with van der Waals surface area (Å²) in [6, 6.07) is 15.7. The Morgan fingerprint density at radius 3 is 2.54 bits per heavy atom. The van der Waals surface area contributed by atoms with Crippen molar-refractivity contribution in [2.45, 2.75) is 56.9 Å². The minimum atomic E-state index is -0.596. The van der Waals surface area contributed by atoms with Gasteiger partial charge in [0.05, 0.1) is 0 Å². The molecule has 0 bridgehead atoms. The lowest BCUT2D eigenvalue weighted by Gasteiger charge is -2.39. The van der Waals surface area contributed by atoms with Crippen LogP contribution in [0.15, 0.2) is 48.5 Å². The van der Waals surface area contributed by atoms with Crippen molar-refractivity contribution in [3.63, 3.8) is 0 Å². The number of carbonyl (C=O) groups excluding carboxylic acids is 3. The third-order valence-corrected chi connectivity index (χ3v) is 7.57. The van der Waals surface area contributed by atoms with E-state index in [2.05, 4.69) is 39.8 Å². The molecule has 2 fully saturated rings. The summed E-state index contributed by atoms with van der Waals surface area (Å²) in [6.45, 7) is 4.62. The molecule has 0 spiro atoms. The Bertz CT molecular complexity index is 1110. The van der Waals surface area contributed by atoms with Crippen LogP contribution in [0.1, 0.15) is 52.7 Å². The molecule has 8 nitrogen and oxygen atoms in total. The van der Waals surface area contributed by atoms with Gasteiger partial charge in [0.25, 0.3) is 5.91 Å². The van der Waals surface area contributed by atoms with Gasteiger partial charge < -0.3 is 16.0 Å². The normalized spacial score (nSPS) is 22.3. The molecule has 184 valence electrons. The molecule has 8 heteroatoms. The molecule has 1 unspecified atom stereocenters. The zero-order valence-electron chi connectivity index (χ0n) is 20.0. The summed E-state index contributed by atoms with van der Waals surface area (Å²) >= 11 is 0. The smallest absolute Gasteiger partial charge is 0.255 e. The Morgan fingerprint density at radius 2 is 1.80 bits per heavy atom. The lowest BCUT2D eigenvalue weighted by atomic mass is 9.88. The van der Waals surface area contributed by atoms with E-state index in [1.807, 2.05) is 24.3 Å². The van der Waals surface area contributed by atoms with Crippen molar-refractivity contribution < 1.29 is 14.4 Å². The van der Waals surface area contributed by atoms with Crippen LogP contribution in [0.5, 0.6) is 0 Å². The van der Waals surface area contributed by atoms with Crippen LogP contribution < -0.4 is 16.4 Å². The fraction of sp³-hybridized carbons (Fsp3) is 0.444. The van der Waals surface area contributed by atoms with Gasteiger partial charge in [0.2, 0.25) is 11.8 Å². The van der Waals surface area contributed by atoms with Crippen molar-refractivity contribution in [3.05, 3.63) is 70.8 Å². The molecule has 0 aromatic heterocycles. The van der Waals surface area contributed by atoms with Crippen molar-refractivity contribution in [1.82, 2.24) is 20.4 Å². The predicted molar refractivity (Wildman–Crippen MR) is 132 cm³/mol. The van der Waals surface area contributed by atoms with E-state index in [1.165, 1.54) is 5.56 Å². The van der Waals surface area contributed by atoms with E-state index in [0.29, 0.717) is 31.6 Å². The molecule has 3 aliphatic heterocycles. The first-order chi connectivity index (χ1) is 16.9. The summed E-state index contributed by atoms with van der Waals surface area (Å²) in [5.74, 6) is -0.801. The monoisotopic (exact) mass is 475 g/mol. The number of nitrogens with two attached hydrogens (primary N) is 1. The molecule has 35 heavy (non-hydrogen) atoms. The molecule has 0 radical (unpaired) electrons. The standard InChI is InChI=1S/C27H33N5O3/c28-27(11-13-31(14-12-27)16-19-5-2-1-3-6-19)18-29-15-20-7-4-8-21-22(20)17-32(26(21)35)23-9-10-24(33)30-25(23)34/h1-8,23,29H,9-18,28H2,(H,30,33,34). The average molecular weight is 476 g/mol. The van der Waals surface area contributed by atoms with Crippen LogP contribution in [0.2, 0.25) is 0 Å². The summed E-state index contributed by atoms with van der Waals surface area (Å²) in [5, 5.41) is 5.89. The first-order valence-electron chi connectivity index (χ1n) is 12.4. The second kappa shape index (κ2) is 9.89. The molecule has 1 atom stereocenters. The summed E-state index contributed by atoms with van der Waals surface area (Å²) in [7, 11) is 0. The number of amides is 3. The molecule has 3 heterocycles. The molecular formula is C27H33N5O3. The van der Waals surface area contributed by atoms with Gasteiger partial charge in [-0.15, -0.1) is 0 Å². The van der Waals surface area contributed by atoms with E-state index in [1.54, 1.807) is 4.90 Å². The van der Waals surface area contributed by atoms with Gasteiger partial charge in [0.15, 0.2) is 0 Å². The lowest BCUT2D eigenvalue weighted by molar-refractivity contribution is -0.136. The van der Waals surface area contributed by atoms with Crippen molar-refractivity contribution >= 4 is 17.7 Å². The third kappa shape index (κ3) is 5.15. The molecule has 2 saturated heterocycles. The van der Waals surface area contributed by atoms with E-state index in [4.69, 9.17) is 5.73 Å². The van der Waals surface area contributed by atoms with Gasteiger partial charge >= 0.3 is 0 Å². The maximum Gasteiger partial charge on any atom is 0.255 e. The van der Waals surface area contributed by atoms with Gasteiger partial charge in [-0.25, -0.2) is 0 Å². The second-order valence-corrected chi connectivity index (χ2v) is 10.1. The molecule has 3 aliphatic rings. The fourth-order valence-electron chi connectivity index (χ4n) is 5.44. The van der Waals surface area contributed by atoms with Crippen LogP contribution in [0.4, 0.5) is 0 Å². The van der Waals surface area contributed by atoms with Gasteiger partial charge in [-0.1, -0.05) is 42.5 Å². The van der Waals surface area contributed by atoms with E-state index < -0.39 is 6.04 Å². The molecule has 0 aliphatic carbocycles. The van der Waals surface area contributed by atoms with E-state index >= 15 is 0 Å². The Morgan fingerprint density at radius 1 is 1.03 bits per heavy atom. The highest BCUT2D eigenvalue weighted by atomic mass is 16.2. The van der Waals surface area contributed by atoms with Crippen molar-refractivity contribution in [3.8, 4) is 0 Å². The van der Waals surface area contributed by atoms with Crippen molar-refractivity contribution in [1.29, 1.82) is 0 Å². The highest BCUT2D eigenvalue weighted by molar-refractivity contribution is 6.05. The van der Waals surface area contributed by atoms with Crippen LogP contribution in [-0.4, -0.2) is 58.7 Å². The quantitative estimate of drug-likeness (QED) is 0.525. The molecule has 5 rings (SSSR count). The number of imide groups is 1. The van der Waals surface area contributed by atoms with Crippen LogP contribution in [0, 0.1) is 0 Å². The number of carbonyl (C=O) groups is 3. The van der Waals surface area contributed by atoms with E-state index in [0.717, 1.165) is 43.6 Å². The first kappa shape index (κ1) is 23.7. The molecular weight excluding hydrogens is 442 g/mol. The van der Waals surface area contributed by atoms with Gasteiger partial charge in [0, 0.05) is 56.8 Å². The van der Waals surface area contributed by atoms with Gasteiger partial charge in [0.1, 0.15) is 6.04 Å². The SMILES string of the molecule is NC1(CNCc2cccc3c2CN(C2CCC(=O)NC2=O)C3=O)CCN(Cc2ccccc2)CC1. The van der Waals surface area contributed by atoms with E-state index in [-0.39, 0.29) is 29.7 Å². The zero-order valence-corrected chi connectivity index (χ0v) is 20.0. The first-order valence-corrected chi connectivity index (χ1v) is 12.4. The maximum absolute atomic E-state index is 13.0. The Balaban J connectivity index is 1.15. The Kier molecular flexibility index (Phi) is 6.69. The van der Waals surface area contributed by atoms with Crippen molar-refractivity contribution in [2.24, 2.45) is 5.73 Å². The molecule has 2 aromatic carbocycles. The highest BCUT2D eigenvalue weighted by Crippen LogP contribution is 2.30. The Hall–Kier alpha value is -3.07. The highest BCUT2D eigenvalue weighted by Gasteiger charge is 2.39. The molecule has 4 N–H and O–H groups in total. The molecule has 3 amide bonds. The average Bonchev–Trinajstić information content (AvgIpc) is 3.18. The lowest BCUT2D eigenvalue weighted by Crippen LogP contribution is -2.55. The Labute approximate surface area is 205 Å². The third-order valence-electron chi connectivity index (χ3n) is 7.57. The molecule has 2 aromatic rings. The van der Waals surface area contributed by atoms with Gasteiger partial charge in [-0.2, -0.15) is 0 Å². The summed E-state index contributed by atoms with van der Waals surface area (Å²) < 4.78 is 0.